The van der Waals surface area contributed by atoms with Crippen LogP contribution in [-0.2, 0) is 13.0 Å². The number of hydrogen-bond donors (Lipinski definition) is 1. The van der Waals surface area contributed by atoms with Crippen LogP contribution in [0.5, 0.6) is 0 Å². The van der Waals surface area contributed by atoms with Crippen LogP contribution in [0.25, 0.3) is 0 Å². The standard InChI is InChI=1S/C22H32N4O/c1-16(2)13-18-7-9-19(10-8-18)17(3)21-14-20(25-27-21)15-24-22(23)26-11-5-4-6-12-26/h7-10,14,16-17H,4-6,11-13,15H2,1-3H3,(H2,23,24). The Hall–Kier alpha value is -2.30. The molecule has 1 saturated heterocycles. The minimum absolute atomic E-state index is 0.169. The second-order valence-corrected chi connectivity index (χ2v) is 8.00. The normalized spacial score (nSPS) is 16.7. The van der Waals surface area contributed by atoms with E-state index in [0.29, 0.717) is 18.4 Å². The Labute approximate surface area is 162 Å². The predicted octanol–water partition coefficient (Wildman–Crippen LogP) is 4.33. The molecule has 27 heavy (non-hydrogen) atoms. The van der Waals surface area contributed by atoms with Gasteiger partial charge < -0.3 is 15.2 Å². The summed E-state index contributed by atoms with van der Waals surface area (Å²) in [4.78, 5) is 6.66. The SMILES string of the molecule is CC(C)Cc1ccc(C(C)c2cc(C/N=C(\N)N3CCCCC3)no2)cc1. The van der Waals surface area contributed by atoms with E-state index in [9.17, 15) is 0 Å². The van der Waals surface area contributed by atoms with E-state index >= 15 is 0 Å². The third kappa shape index (κ3) is 5.34. The number of nitrogens with zero attached hydrogens (tertiary/aromatic N) is 3. The Kier molecular flexibility index (Phi) is 6.54. The maximum Gasteiger partial charge on any atom is 0.191 e. The number of benzene rings is 1. The Bertz CT molecular complexity index is 742. The minimum atomic E-state index is 0.169. The van der Waals surface area contributed by atoms with E-state index < -0.39 is 0 Å². The number of rotatable bonds is 6. The van der Waals surface area contributed by atoms with E-state index in [1.54, 1.807) is 0 Å². The summed E-state index contributed by atoms with van der Waals surface area (Å²) in [7, 11) is 0. The molecule has 1 atom stereocenters. The molecular formula is C22H32N4O. The second kappa shape index (κ2) is 9.07. The van der Waals surface area contributed by atoms with Crippen LogP contribution in [0, 0.1) is 5.92 Å². The molecule has 2 aromatic rings. The topological polar surface area (TPSA) is 67.7 Å². The Morgan fingerprint density at radius 2 is 1.85 bits per heavy atom. The first-order chi connectivity index (χ1) is 13.0. The quantitative estimate of drug-likeness (QED) is 0.609. The van der Waals surface area contributed by atoms with Crippen molar-refractivity contribution in [1.82, 2.24) is 10.1 Å². The molecule has 0 radical (unpaired) electrons. The summed E-state index contributed by atoms with van der Waals surface area (Å²) < 4.78 is 5.58. The van der Waals surface area contributed by atoms with E-state index in [-0.39, 0.29) is 5.92 Å². The Morgan fingerprint density at radius 1 is 1.15 bits per heavy atom. The van der Waals surface area contributed by atoms with Crippen molar-refractivity contribution in [2.45, 2.75) is 58.9 Å². The van der Waals surface area contributed by atoms with Gasteiger partial charge in [0.25, 0.3) is 0 Å². The molecule has 1 fully saturated rings. The van der Waals surface area contributed by atoms with Crippen LogP contribution in [0.2, 0.25) is 0 Å². The maximum atomic E-state index is 6.12. The summed E-state index contributed by atoms with van der Waals surface area (Å²) in [5, 5.41) is 4.18. The number of likely N-dealkylation sites (tertiary alicyclic amines) is 1. The largest absolute Gasteiger partial charge is 0.370 e. The highest BCUT2D eigenvalue weighted by molar-refractivity contribution is 5.78. The predicted molar refractivity (Wildman–Crippen MR) is 110 cm³/mol. The first-order valence-electron chi connectivity index (χ1n) is 10.1. The molecule has 1 aromatic heterocycles. The fraction of sp³-hybridized carbons (Fsp3) is 0.545. The third-order valence-corrected chi connectivity index (χ3v) is 5.21. The maximum absolute atomic E-state index is 6.12. The van der Waals surface area contributed by atoms with Crippen LogP contribution in [0.1, 0.15) is 68.5 Å². The van der Waals surface area contributed by atoms with Gasteiger partial charge in [0.05, 0.1) is 6.54 Å². The first kappa shape index (κ1) is 19.5. The van der Waals surface area contributed by atoms with Gasteiger partial charge in [-0.2, -0.15) is 0 Å². The van der Waals surface area contributed by atoms with Crippen LogP contribution < -0.4 is 5.73 Å². The molecule has 1 aliphatic rings. The van der Waals surface area contributed by atoms with E-state index in [1.165, 1.54) is 30.4 Å². The highest BCUT2D eigenvalue weighted by Crippen LogP contribution is 2.25. The van der Waals surface area contributed by atoms with Crippen molar-refractivity contribution in [2.24, 2.45) is 16.6 Å². The molecule has 5 nitrogen and oxygen atoms in total. The number of guanidine groups is 1. The van der Waals surface area contributed by atoms with Crippen molar-refractivity contribution < 1.29 is 4.52 Å². The molecule has 0 spiro atoms. The van der Waals surface area contributed by atoms with Gasteiger partial charge in [-0.05, 0) is 42.7 Å². The average molecular weight is 369 g/mol. The van der Waals surface area contributed by atoms with E-state index in [2.05, 4.69) is 60.1 Å². The lowest BCUT2D eigenvalue weighted by molar-refractivity contribution is 0.337. The van der Waals surface area contributed by atoms with Gasteiger partial charge in [-0.25, -0.2) is 4.99 Å². The molecule has 1 aromatic carbocycles. The summed E-state index contributed by atoms with van der Waals surface area (Å²) in [6.45, 7) is 9.10. The average Bonchev–Trinajstić information content (AvgIpc) is 3.15. The second-order valence-electron chi connectivity index (χ2n) is 8.00. The van der Waals surface area contributed by atoms with Crippen molar-refractivity contribution in [1.29, 1.82) is 0 Å². The van der Waals surface area contributed by atoms with Gasteiger partial charge in [-0.1, -0.05) is 50.2 Å². The zero-order valence-electron chi connectivity index (χ0n) is 16.8. The lowest BCUT2D eigenvalue weighted by Gasteiger charge is -2.27. The molecule has 3 rings (SSSR count). The molecule has 5 heteroatoms. The highest BCUT2D eigenvalue weighted by atomic mass is 16.5. The van der Waals surface area contributed by atoms with Gasteiger partial charge in [-0.15, -0.1) is 0 Å². The van der Waals surface area contributed by atoms with Crippen LogP contribution in [-0.4, -0.2) is 29.1 Å². The van der Waals surface area contributed by atoms with Gasteiger partial charge in [0, 0.05) is 25.1 Å². The highest BCUT2D eigenvalue weighted by Gasteiger charge is 2.16. The fourth-order valence-corrected chi connectivity index (χ4v) is 3.57. The van der Waals surface area contributed by atoms with Crippen LogP contribution in [0.3, 0.4) is 0 Å². The number of piperidine rings is 1. The van der Waals surface area contributed by atoms with Gasteiger partial charge in [0.15, 0.2) is 5.96 Å². The number of aliphatic imine (C=N–C) groups is 1. The number of nitrogens with two attached hydrogens (primary N) is 1. The smallest absolute Gasteiger partial charge is 0.191 e. The Balaban J connectivity index is 1.60. The summed E-state index contributed by atoms with van der Waals surface area (Å²) in [6, 6.07) is 10.8. The molecule has 0 amide bonds. The van der Waals surface area contributed by atoms with Crippen LogP contribution in [0.4, 0.5) is 0 Å². The molecular weight excluding hydrogens is 336 g/mol. The molecule has 1 aliphatic heterocycles. The third-order valence-electron chi connectivity index (χ3n) is 5.21. The van der Waals surface area contributed by atoms with E-state index in [0.717, 1.165) is 31.0 Å². The lowest BCUT2D eigenvalue weighted by atomic mass is 9.95. The molecule has 146 valence electrons. The Morgan fingerprint density at radius 3 is 2.52 bits per heavy atom. The summed E-state index contributed by atoms with van der Waals surface area (Å²) in [5.41, 5.74) is 9.56. The van der Waals surface area contributed by atoms with Crippen molar-refractivity contribution in [2.75, 3.05) is 13.1 Å². The van der Waals surface area contributed by atoms with Crippen LogP contribution >= 0.6 is 0 Å². The van der Waals surface area contributed by atoms with Crippen molar-refractivity contribution in [3.63, 3.8) is 0 Å². The zero-order chi connectivity index (χ0) is 19.2. The number of hydrogen-bond acceptors (Lipinski definition) is 3. The van der Waals surface area contributed by atoms with Gasteiger partial charge in [0.2, 0.25) is 0 Å². The van der Waals surface area contributed by atoms with E-state index in [1.807, 2.05) is 6.07 Å². The van der Waals surface area contributed by atoms with Gasteiger partial charge in [-0.3, -0.25) is 0 Å². The molecule has 0 aliphatic carbocycles. The van der Waals surface area contributed by atoms with Crippen molar-refractivity contribution in [3.05, 3.63) is 52.9 Å². The number of aromatic nitrogens is 1. The monoisotopic (exact) mass is 368 g/mol. The van der Waals surface area contributed by atoms with Crippen molar-refractivity contribution >= 4 is 5.96 Å². The summed E-state index contributed by atoms with van der Waals surface area (Å²) in [6.07, 6.45) is 4.78. The molecule has 1 unspecified atom stereocenters. The lowest BCUT2D eigenvalue weighted by Crippen LogP contribution is -2.40. The minimum Gasteiger partial charge on any atom is -0.370 e. The summed E-state index contributed by atoms with van der Waals surface area (Å²) in [5.74, 6) is 2.33. The molecule has 2 N–H and O–H groups in total. The molecule has 0 bridgehead atoms. The van der Waals surface area contributed by atoms with Gasteiger partial charge >= 0.3 is 0 Å². The van der Waals surface area contributed by atoms with E-state index in [4.69, 9.17) is 10.3 Å². The molecule has 2 heterocycles. The van der Waals surface area contributed by atoms with Crippen molar-refractivity contribution in [3.8, 4) is 0 Å². The first-order valence-corrected chi connectivity index (χ1v) is 10.1. The molecule has 0 saturated carbocycles. The van der Waals surface area contributed by atoms with Crippen LogP contribution in [0.15, 0.2) is 39.8 Å². The fourth-order valence-electron chi connectivity index (χ4n) is 3.57. The summed E-state index contributed by atoms with van der Waals surface area (Å²) >= 11 is 0. The zero-order valence-corrected chi connectivity index (χ0v) is 16.8. The van der Waals surface area contributed by atoms with Gasteiger partial charge in [0.1, 0.15) is 11.5 Å².